The molecule has 0 unspecified atom stereocenters. The van der Waals surface area contributed by atoms with Crippen molar-refractivity contribution in [3.8, 4) is 0 Å². The molecule has 1 fully saturated rings. The van der Waals surface area contributed by atoms with E-state index in [0.717, 1.165) is 12.8 Å². The maximum absolute atomic E-state index is 5.61. The number of nitrogens with zero attached hydrogens (tertiary/aromatic N) is 2. The molecule has 0 bridgehead atoms. The van der Waals surface area contributed by atoms with E-state index in [1.807, 2.05) is 0 Å². The van der Waals surface area contributed by atoms with Crippen LogP contribution in [0.15, 0.2) is 77.3 Å². The Kier molecular flexibility index (Phi) is 10.2. The van der Waals surface area contributed by atoms with Crippen molar-refractivity contribution in [2.75, 3.05) is 3.86 Å². The molecule has 0 saturated heterocycles. The van der Waals surface area contributed by atoms with Crippen LogP contribution in [-0.2, 0) is 0 Å². The number of para-hydroxylation sites is 2. The Hall–Kier alpha value is -2.59. The summed E-state index contributed by atoms with van der Waals surface area (Å²) in [5, 5.41) is 0. The van der Waals surface area contributed by atoms with Gasteiger partial charge in [-0.2, -0.15) is 0 Å². The normalized spacial score (nSPS) is 16.5. The van der Waals surface area contributed by atoms with Crippen molar-refractivity contribution in [3.05, 3.63) is 100 Å². The molecule has 1 saturated carbocycles. The van der Waals surface area contributed by atoms with Crippen molar-refractivity contribution >= 4 is 39.5 Å². The van der Waals surface area contributed by atoms with Crippen molar-refractivity contribution in [1.29, 1.82) is 0 Å². The van der Waals surface area contributed by atoms with E-state index in [2.05, 4.69) is 143 Å². The monoisotopic (exact) mass is 593 g/mol. The SMILES string of the molecule is CC(C)c1cccc(C(C)C)c1N=C1CCCC/C1=C(\c1ccccc1)[N]([Ge])c1c(C(C)C)cccc1C(C)C. The topological polar surface area (TPSA) is 15.6 Å². The summed E-state index contributed by atoms with van der Waals surface area (Å²) in [6, 6.07) is 24.7. The van der Waals surface area contributed by atoms with Gasteiger partial charge in [0.25, 0.3) is 0 Å². The number of benzene rings is 3. The first kappa shape index (κ1) is 30.4. The fourth-order valence-electron chi connectivity index (χ4n) is 5.96. The summed E-state index contributed by atoms with van der Waals surface area (Å²) < 4.78 is 2.51. The van der Waals surface area contributed by atoms with Gasteiger partial charge in [0.2, 0.25) is 0 Å². The maximum atomic E-state index is 5.61. The van der Waals surface area contributed by atoms with E-state index in [1.54, 1.807) is 0 Å². The summed E-state index contributed by atoms with van der Waals surface area (Å²) >= 11 is 2.29. The molecule has 2 nitrogen and oxygen atoms in total. The molecule has 1 aliphatic carbocycles. The third-order valence-electron chi connectivity index (χ3n) is 8.15. The van der Waals surface area contributed by atoms with Gasteiger partial charge in [0, 0.05) is 0 Å². The Morgan fingerprint density at radius 2 is 1.10 bits per heavy atom. The van der Waals surface area contributed by atoms with Crippen molar-refractivity contribution in [2.24, 2.45) is 4.99 Å². The summed E-state index contributed by atoms with van der Waals surface area (Å²) in [7, 11) is 0. The van der Waals surface area contributed by atoms with Crippen LogP contribution in [0.2, 0.25) is 0 Å². The predicted molar refractivity (Wildman–Crippen MR) is 176 cm³/mol. The Bertz CT molecular complexity index is 1310. The minimum atomic E-state index is 0.428. The zero-order valence-electron chi connectivity index (χ0n) is 25.9. The van der Waals surface area contributed by atoms with Crippen molar-refractivity contribution in [1.82, 2.24) is 0 Å². The van der Waals surface area contributed by atoms with Crippen LogP contribution < -0.4 is 3.86 Å². The van der Waals surface area contributed by atoms with E-state index in [1.165, 1.54) is 69.0 Å². The van der Waals surface area contributed by atoms with Gasteiger partial charge in [-0.25, -0.2) is 0 Å². The second-order valence-electron chi connectivity index (χ2n) is 12.5. The van der Waals surface area contributed by atoms with Gasteiger partial charge >= 0.3 is 253 Å². The molecular formula is C37H47GeN2. The Morgan fingerprint density at radius 3 is 1.60 bits per heavy atom. The average molecular weight is 592 g/mol. The zero-order chi connectivity index (χ0) is 29.0. The Labute approximate surface area is 252 Å². The number of anilines is 1. The Balaban J connectivity index is 2.04. The molecule has 0 heterocycles. The summed E-state index contributed by atoms with van der Waals surface area (Å²) in [5.41, 5.74) is 13.3. The van der Waals surface area contributed by atoms with Crippen LogP contribution in [0.5, 0.6) is 0 Å². The quantitative estimate of drug-likeness (QED) is 0.238. The predicted octanol–water partition coefficient (Wildman–Crippen LogP) is 10.8. The van der Waals surface area contributed by atoms with Crippen LogP contribution in [0.4, 0.5) is 11.4 Å². The third-order valence-corrected chi connectivity index (χ3v) is 9.09. The number of hydrogen-bond donors (Lipinski definition) is 0. The fraction of sp³-hybridized carbons (Fsp3) is 0.432. The molecule has 3 aromatic carbocycles. The van der Waals surface area contributed by atoms with Gasteiger partial charge in [0.1, 0.15) is 0 Å². The van der Waals surface area contributed by atoms with E-state index < -0.39 is 0 Å². The molecule has 0 aliphatic heterocycles. The van der Waals surface area contributed by atoms with Crippen LogP contribution in [-0.4, -0.2) is 22.4 Å². The first-order valence-corrected chi connectivity index (χ1v) is 16.2. The van der Waals surface area contributed by atoms with E-state index in [4.69, 9.17) is 4.99 Å². The average Bonchev–Trinajstić information content (AvgIpc) is 2.94. The molecule has 3 aromatic rings. The van der Waals surface area contributed by atoms with Crippen molar-refractivity contribution in [3.63, 3.8) is 0 Å². The molecule has 209 valence electrons. The second-order valence-corrected chi connectivity index (χ2v) is 13.4. The van der Waals surface area contributed by atoms with Crippen LogP contribution >= 0.6 is 0 Å². The zero-order valence-corrected chi connectivity index (χ0v) is 28.0. The number of hydrogen-bond acceptors (Lipinski definition) is 2. The van der Waals surface area contributed by atoms with Crippen LogP contribution in [0.25, 0.3) is 5.70 Å². The fourth-order valence-corrected chi connectivity index (χ4v) is 7.06. The van der Waals surface area contributed by atoms with Crippen molar-refractivity contribution in [2.45, 2.75) is 105 Å². The summed E-state index contributed by atoms with van der Waals surface area (Å²) in [6.07, 6.45) is 4.46. The van der Waals surface area contributed by atoms with Gasteiger partial charge in [0.05, 0.1) is 0 Å². The molecule has 40 heavy (non-hydrogen) atoms. The van der Waals surface area contributed by atoms with Gasteiger partial charge in [-0.3, -0.25) is 0 Å². The molecule has 0 amide bonds. The second kappa shape index (κ2) is 13.4. The minimum absolute atomic E-state index is 0.428. The molecule has 0 atom stereocenters. The van der Waals surface area contributed by atoms with E-state index in [0.29, 0.717) is 23.7 Å². The number of rotatable bonds is 8. The standard InChI is InChI=1S/C37H47GeN2/c1-24(2)29-19-14-20-30(25(3)4)35(29)39-34-23-13-12-18-33(34)36(28-16-10-9-11-17-28)40(38)37-31(26(5)6)21-15-22-32(37)27(7)8/h9-11,14-17,19-22,24-27H,12-13,18,23H2,1-8H3/b36-33-,39-34?. The summed E-state index contributed by atoms with van der Waals surface area (Å²) in [4.78, 5) is 5.61. The number of aliphatic imine (C=N–C) groups is 1. The summed E-state index contributed by atoms with van der Waals surface area (Å²) in [6.45, 7) is 18.4. The molecule has 3 heteroatoms. The molecular weight excluding hydrogens is 545 g/mol. The van der Waals surface area contributed by atoms with Gasteiger partial charge in [-0.05, 0) is 0 Å². The molecule has 4 rings (SSSR count). The van der Waals surface area contributed by atoms with Crippen LogP contribution in [0.3, 0.4) is 0 Å². The van der Waals surface area contributed by atoms with Gasteiger partial charge < -0.3 is 0 Å². The molecule has 3 radical (unpaired) electrons. The third kappa shape index (κ3) is 6.49. The summed E-state index contributed by atoms with van der Waals surface area (Å²) in [5.74, 6) is 1.72. The van der Waals surface area contributed by atoms with Gasteiger partial charge in [-0.15, -0.1) is 0 Å². The molecule has 0 aromatic heterocycles. The van der Waals surface area contributed by atoms with Gasteiger partial charge in [-0.1, -0.05) is 0 Å². The van der Waals surface area contributed by atoms with Crippen molar-refractivity contribution < 1.29 is 0 Å². The van der Waals surface area contributed by atoms with Crippen LogP contribution in [0.1, 0.15) is 133 Å². The molecule has 0 N–H and O–H groups in total. The number of allylic oxidation sites excluding steroid dienone is 1. The van der Waals surface area contributed by atoms with Crippen LogP contribution in [0, 0.1) is 0 Å². The van der Waals surface area contributed by atoms with E-state index in [-0.39, 0.29) is 0 Å². The van der Waals surface area contributed by atoms with E-state index in [9.17, 15) is 0 Å². The first-order chi connectivity index (χ1) is 19.1. The molecule has 0 spiro atoms. The first-order valence-electron chi connectivity index (χ1n) is 15.2. The van der Waals surface area contributed by atoms with E-state index >= 15 is 0 Å². The Morgan fingerprint density at radius 1 is 0.625 bits per heavy atom. The van der Waals surface area contributed by atoms with Gasteiger partial charge in [0.15, 0.2) is 0 Å². The molecule has 1 aliphatic rings.